The number of ether oxygens (including phenoxy) is 1. The first-order valence-electron chi connectivity index (χ1n) is 9.93. The molecular weight excluding hydrogens is 394 g/mol. The Kier molecular flexibility index (Phi) is 4.31. The average molecular weight is 413 g/mol. The smallest absolute Gasteiger partial charge is 0.228 e. The topological polar surface area (TPSA) is 114 Å². The Labute approximate surface area is 177 Å². The summed E-state index contributed by atoms with van der Waals surface area (Å²) in [5.41, 5.74) is 8.57. The van der Waals surface area contributed by atoms with E-state index in [0.717, 1.165) is 33.9 Å². The summed E-state index contributed by atoms with van der Waals surface area (Å²) in [7, 11) is 0. The number of para-hydroxylation sites is 1. The van der Waals surface area contributed by atoms with Gasteiger partial charge in [-0.3, -0.25) is 4.79 Å². The number of rotatable bonds is 3. The maximum atomic E-state index is 12.5. The number of aryl methyl sites for hydroxylation is 1. The van der Waals surface area contributed by atoms with Crippen LogP contribution in [0.3, 0.4) is 0 Å². The Bertz CT molecular complexity index is 1490. The van der Waals surface area contributed by atoms with Gasteiger partial charge in [0, 0.05) is 34.4 Å². The number of nitrogens with zero attached hydrogens (tertiary/aromatic N) is 2. The van der Waals surface area contributed by atoms with E-state index in [0.29, 0.717) is 0 Å². The largest absolute Gasteiger partial charge is 0.458 e. The van der Waals surface area contributed by atoms with E-state index in [9.17, 15) is 15.2 Å². The van der Waals surface area contributed by atoms with Gasteiger partial charge in [0.2, 0.25) is 17.1 Å². The molecule has 3 N–H and O–H groups in total. The highest BCUT2D eigenvalue weighted by Crippen LogP contribution is 2.42. The summed E-state index contributed by atoms with van der Waals surface area (Å²) < 4.78 is 13.4. The molecule has 154 valence electrons. The number of hydrogen-bond acceptors (Lipinski definition) is 6. The lowest BCUT2D eigenvalue weighted by atomic mass is 9.87. The first kappa shape index (κ1) is 19.0. The van der Waals surface area contributed by atoms with Gasteiger partial charge in [-0.15, -0.1) is 0 Å². The van der Waals surface area contributed by atoms with Crippen LogP contribution < -0.4 is 15.9 Å². The van der Waals surface area contributed by atoms with Crippen molar-refractivity contribution < 1.29 is 14.3 Å². The van der Waals surface area contributed by atoms with Gasteiger partial charge in [-0.05, 0) is 24.6 Å². The van der Waals surface area contributed by atoms with E-state index in [1.807, 2.05) is 30.3 Å². The Morgan fingerprint density at radius 3 is 2.68 bits per heavy atom. The van der Waals surface area contributed by atoms with Crippen molar-refractivity contribution in [3.63, 3.8) is 0 Å². The number of fused-ring (bicyclic) bond motifs is 4. The Morgan fingerprint density at radius 1 is 1.16 bits per heavy atom. The van der Waals surface area contributed by atoms with Crippen molar-refractivity contribution >= 4 is 21.8 Å². The monoisotopic (exact) mass is 413 g/mol. The summed E-state index contributed by atoms with van der Waals surface area (Å²) in [5.74, 6) is -0.643. The molecule has 7 heteroatoms. The van der Waals surface area contributed by atoms with Gasteiger partial charge in [-0.2, -0.15) is 5.26 Å². The predicted molar refractivity (Wildman–Crippen MR) is 115 cm³/mol. The molecule has 7 nitrogen and oxygen atoms in total. The van der Waals surface area contributed by atoms with Gasteiger partial charge >= 0.3 is 0 Å². The van der Waals surface area contributed by atoms with Crippen molar-refractivity contribution in [2.24, 2.45) is 5.73 Å². The summed E-state index contributed by atoms with van der Waals surface area (Å²) >= 11 is 0. The van der Waals surface area contributed by atoms with Crippen LogP contribution in [0.5, 0.6) is 5.75 Å². The van der Waals surface area contributed by atoms with Gasteiger partial charge in [0.25, 0.3) is 0 Å². The molecule has 0 fully saturated rings. The van der Waals surface area contributed by atoms with Crippen molar-refractivity contribution in [2.75, 3.05) is 0 Å². The van der Waals surface area contributed by atoms with Crippen LogP contribution in [0.2, 0.25) is 0 Å². The summed E-state index contributed by atoms with van der Waals surface area (Å²) in [6, 6.07) is 17.3. The first-order chi connectivity index (χ1) is 15.1. The van der Waals surface area contributed by atoms with Crippen molar-refractivity contribution in [3.8, 4) is 11.8 Å². The van der Waals surface area contributed by atoms with Gasteiger partial charge in [0.15, 0.2) is 5.76 Å². The quantitative estimate of drug-likeness (QED) is 0.531. The molecule has 3 heterocycles. The second-order valence-corrected chi connectivity index (χ2v) is 7.39. The van der Waals surface area contributed by atoms with Crippen LogP contribution in [0, 0.1) is 11.3 Å². The SMILES string of the molecule is CCn1c2ccccc2c2ccc(C3C(C#N)=C(N)Oc4c3oc(CO)cc4=O)cc21. The number of allylic oxidation sites excluding steroid dienone is 1. The van der Waals surface area contributed by atoms with Crippen LogP contribution in [0.15, 0.2) is 69.2 Å². The third-order valence-corrected chi connectivity index (χ3v) is 5.73. The maximum Gasteiger partial charge on any atom is 0.228 e. The normalized spacial score (nSPS) is 15.7. The summed E-state index contributed by atoms with van der Waals surface area (Å²) in [5, 5.41) is 21.5. The highest BCUT2D eigenvalue weighted by atomic mass is 16.5. The molecule has 4 aromatic rings. The molecule has 0 aliphatic carbocycles. The Hall–Kier alpha value is -4.02. The second kappa shape index (κ2) is 7.04. The van der Waals surface area contributed by atoms with Gasteiger partial charge in [0.05, 0.1) is 5.92 Å². The number of benzene rings is 2. The molecule has 0 saturated carbocycles. The van der Waals surface area contributed by atoms with Gasteiger partial charge in [0.1, 0.15) is 24.0 Å². The van der Waals surface area contributed by atoms with Gasteiger partial charge in [-0.25, -0.2) is 0 Å². The van der Waals surface area contributed by atoms with Crippen LogP contribution in [-0.4, -0.2) is 9.67 Å². The molecule has 1 aliphatic heterocycles. The van der Waals surface area contributed by atoms with E-state index < -0.39 is 18.0 Å². The third kappa shape index (κ3) is 2.73. The summed E-state index contributed by atoms with van der Waals surface area (Å²) in [4.78, 5) is 12.5. The standard InChI is InChI=1S/C24H19N3O4/c1-2-27-18-6-4-3-5-15(18)16-8-7-13(9-19(16)27)21-17(11-25)24(26)31-22-20(29)10-14(12-28)30-23(21)22/h3-10,21,28H,2,12,26H2,1H3. The van der Waals surface area contributed by atoms with Crippen molar-refractivity contribution in [2.45, 2.75) is 26.0 Å². The minimum atomic E-state index is -0.722. The van der Waals surface area contributed by atoms with Gasteiger partial charge < -0.3 is 24.6 Å². The van der Waals surface area contributed by atoms with Crippen molar-refractivity contribution in [1.82, 2.24) is 4.57 Å². The average Bonchev–Trinajstić information content (AvgIpc) is 3.11. The van der Waals surface area contributed by atoms with Crippen LogP contribution in [0.25, 0.3) is 21.8 Å². The molecule has 1 atom stereocenters. The number of hydrogen-bond donors (Lipinski definition) is 2. The van der Waals surface area contributed by atoms with Crippen LogP contribution in [-0.2, 0) is 13.2 Å². The molecule has 1 unspecified atom stereocenters. The van der Waals surface area contributed by atoms with Crippen LogP contribution in [0.1, 0.15) is 29.9 Å². The zero-order valence-corrected chi connectivity index (χ0v) is 16.8. The highest BCUT2D eigenvalue weighted by Gasteiger charge is 2.35. The minimum Gasteiger partial charge on any atom is -0.458 e. The Balaban J connectivity index is 1.81. The summed E-state index contributed by atoms with van der Waals surface area (Å²) in [6.07, 6.45) is 0. The maximum absolute atomic E-state index is 12.5. The lowest BCUT2D eigenvalue weighted by Crippen LogP contribution is -2.25. The third-order valence-electron chi connectivity index (χ3n) is 5.73. The number of nitriles is 1. The fourth-order valence-corrected chi connectivity index (χ4v) is 4.38. The van der Waals surface area contributed by atoms with Gasteiger partial charge in [-0.1, -0.05) is 30.3 Å². The van der Waals surface area contributed by atoms with Crippen molar-refractivity contribution in [3.05, 3.63) is 87.3 Å². The van der Waals surface area contributed by atoms with Crippen LogP contribution >= 0.6 is 0 Å². The zero-order valence-electron chi connectivity index (χ0n) is 16.8. The number of aromatic nitrogens is 1. The predicted octanol–water partition coefficient (Wildman–Crippen LogP) is 3.48. The lowest BCUT2D eigenvalue weighted by molar-refractivity contribution is 0.231. The molecule has 0 bridgehead atoms. The van der Waals surface area contributed by atoms with E-state index in [-0.39, 0.29) is 28.7 Å². The molecule has 0 radical (unpaired) electrons. The van der Waals surface area contributed by atoms with Crippen molar-refractivity contribution in [1.29, 1.82) is 5.26 Å². The fourth-order valence-electron chi connectivity index (χ4n) is 4.38. The molecule has 0 saturated heterocycles. The van der Waals surface area contributed by atoms with E-state index in [1.165, 1.54) is 6.07 Å². The molecule has 1 aliphatic rings. The van der Waals surface area contributed by atoms with E-state index >= 15 is 0 Å². The van der Waals surface area contributed by atoms with Crippen LogP contribution in [0.4, 0.5) is 0 Å². The molecule has 0 amide bonds. The molecule has 2 aromatic carbocycles. The molecule has 2 aromatic heterocycles. The van der Waals surface area contributed by atoms with E-state index in [1.54, 1.807) is 0 Å². The van der Waals surface area contributed by atoms with E-state index in [4.69, 9.17) is 14.9 Å². The second-order valence-electron chi connectivity index (χ2n) is 7.39. The molecular formula is C24H19N3O4. The number of aliphatic hydroxyl groups excluding tert-OH is 1. The number of nitrogens with two attached hydrogens (primary N) is 1. The zero-order chi connectivity index (χ0) is 21.7. The molecule has 5 rings (SSSR count). The fraction of sp³-hybridized carbons (Fsp3) is 0.167. The Morgan fingerprint density at radius 2 is 1.94 bits per heavy atom. The molecule has 31 heavy (non-hydrogen) atoms. The first-order valence-corrected chi connectivity index (χ1v) is 9.93. The lowest BCUT2D eigenvalue weighted by Gasteiger charge is -2.25. The summed E-state index contributed by atoms with van der Waals surface area (Å²) in [6.45, 7) is 2.40. The number of aliphatic hydroxyl groups is 1. The minimum absolute atomic E-state index is 0.0603. The highest BCUT2D eigenvalue weighted by molar-refractivity contribution is 6.08. The van der Waals surface area contributed by atoms with E-state index in [2.05, 4.69) is 29.7 Å². The molecule has 0 spiro atoms.